The minimum atomic E-state index is 0.0138. The normalized spacial score (nSPS) is 35.2. The van der Waals surface area contributed by atoms with Crippen molar-refractivity contribution in [3.05, 3.63) is 20.8 Å². The van der Waals surface area contributed by atoms with E-state index < -0.39 is 0 Å². The van der Waals surface area contributed by atoms with Gasteiger partial charge in [-0.15, -0.1) is 11.3 Å². The lowest BCUT2D eigenvalue weighted by atomic mass is 9.69. The molecule has 1 aromatic rings. The fourth-order valence-electron chi connectivity index (χ4n) is 2.73. The van der Waals surface area contributed by atoms with Gasteiger partial charge in [-0.2, -0.15) is 0 Å². The first-order valence-electron chi connectivity index (χ1n) is 6.02. The van der Waals surface area contributed by atoms with Crippen LogP contribution in [0.25, 0.3) is 0 Å². The molecule has 2 rings (SSSR count). The summed E-state index contributed by atoms with van der Waals surface area (Å²) in [6.45, 7) is 4.66. The fourth-order valence-corrected chi connectivity index (χ4v) is 4.36. The van der Waals surface area contributed by atoms with Crippen LogP contribution in [0.5, 0.6) is 0 Å². The van der Waals surface area contributed by atoms with E-state index in [1.165, 1.54) is 28.6 Å². The first kappa shape index (κ1) is 12.6. The van der Waals surface area contributed by atoms with Gasteiger partial charge in [-0.25, -0.2) is 0 Å². The molecule has 3 unspecified atom stereocenters. The molecule has 16 heavy (non-hydrogen) atoms. The molecule has 2 N–H and O–H groups in total. The molecule has 0 spiro atoms. The van der Waals surface area contributed by atoms with Crippen LogP contribution >= 0.6 is 27.3 Å². The van der Waals surface area contributed by atoms with Gasteiger partial charge in [0.2, 0.25) is 0 Å². The van der Waals surface area contributed by atoms with Crippen LogP contribution in [0.1, 0.15) is 38.0 Å². The highest BCUT2D eigenvalue weighted by Gasteiger charge is 2.37. The Labute approximate surface area is 111 Å². The Morgan fingerprint density at radius 1 is 1.56 bits per heavy atom. The van der Waals surface area contributed by atoms with Gasteiger partial charge in [0, 0.05) is 21.3 Å². The molecule has 1 saturated carbocycles. The lowest BCUT2D eigenvalue weighted by Crippen LogP contribution is -2.51. The van der Waals surface area contributed by atoms with E-state index in [9.17, 15) is 0 Å². The quantitative estimate of drug-likeness (QED) is 0.870. The largest absolute Gasteiger partial charge is 0.325 e. The van der Waals surface area contributed by atoms with Crippen LogP contribution in [0.2, 0.25) is 0 Å². The number of halogens is 1. The second-order valence-electron chi connectivity index (χ2n) is 5.38. The van der Waals surface area contributed by atoms with Crippen molar-refractivity contribution >= 4 is 27.3 Å². The summed E-state index contributed by atoms with van der Waals surface area (Å²) in [7, 11) is 0. The van der Waals surface area contributed by atoms with Crippen molar-refractivity contribution in [3.63, 3.8) is 0 Å². The Morgan fingerprint density at radius 3 is 2.88 bits per heavy atom. The Bertz CT molecular complexity index is 363. The first-order chi connectivity index (χ1) is 7.51. The zero-order valence-corrected chi connectivity index (χ0v) is 12.4. The first-order valence-corrected chi connectivity index (χ1v) is 7.69. The van der Waals surface area contributed by atoms with E-state index in [0.717, 1.165) is 12.3 Å². The van der Waals surface area contributed by atoms with Crippen LogP contribution in [0.4, 0.5) is 0 Å². The van der Waals surface area contributed by atoms with Crippen LogP contribution in [0.15, 0.2) is 15.9 Å². The van der Waals surface area contributed by atoms with Crippen LogP contribution in [-0.4, -0.2) is 5.54 Å². The Balaban J connectivity index is 2.11. The van der Waals surface area contributed by atoms with E-state index >= 15 is 0 Å². The number of nitrogens with two attached hydrogens (primary N) is 1. The maximum atomic E-state index is 6.61. The number of hydrogen-bond acceptors (Lipinski definition) is 2. The number of rotatable bonds is 2. The van der Waals surface area contributed by atoms with Crippen LogP contribution in [0, 0.1) is 11.8 Å². The van der Waals surface area contributed by atoms with Gasteiger partial charge < -0.3 is 5.73 Å². The Hall–Kier alpha value is 0.140. The molecule has 0 bridgehead atoms. The highest BCUT2D eigenvalue weighted by molar-refractivity contribution is 9.10. The monoisotopic (exact) mass is 301 g/mol. The average Bonchev–Trinajstić information content (AvgIpc) is 2.60. The molecule has 0 radical (unpaired) electrons. The third kappa shape index (κ3) is 2.52. The van der Waals surface area contributed by atoms with Crippen molar-refractivity contribution in [2.75, 3.05) is 0 Å². The van der Waals surface area contributed by atoms with E-state index in [2.05, 4.69) is 41.2 Å². The van der Waals surface area contributed by atoms with Gasteiger partial charge in [0.05, 0.1) is 0 Å². The van der Waals surface area contributed by atoms with Gasteiger partial charge in [-0.1, -0.05) is 13.8 Å². The molecule has 1 fully saturated rings. The average molecular weight is 302 g/mol. The molecule has 1 nitrogen and oxygen atoms in total. The third-order valence-electron chi connectivity index (χ3n) is 4.02. The van der Waals surface area contributed by atoms with Crippen molar-refractivity contribution in [1.82, 2.24) is 0 Å². The smallest absolute Gasteiger partial charge is 0.0315 e. The molecule has 1 heterocycles. The van der Waals surface area contributed by atoms with Gasteiger partial charge in [0.25, 0.3) is 0 Å². The van der Waals surface area contributed by atoms with E-state index in [0.29, 0.717) is 5.92 Å². The van der Waals surface area contributed by atoms with Gasteiger partial charge in [0.15, 0.2) is 0 Å². The summed E-state index contributed by atoms with van der Waals surface area (Å²) in [6, 6.07) is 2.12. The molecular weight excluding hydrogens is 282 g/mol. The highest BCUT2D eigenvalue weighted by Crippen LogP contribution is 2.39. The minimum Gasteiger partial charge on any atom is -0.325 e. The summed E-state index contributed by atoms with van der Waals surface area (Å²) >= 11 is 5.42. The zero-order valence-electron chi connectivity index (χ0n) is 10.0. The minimum absolute atomic E-state index is 0.0138. The summed E-state index contributed by atoms with van der Waals surface area (Å²) in [5, 5.41) is 2.14. The highest BCUT2D eigenvalue weighted by atomic mass is 79.9. The second kappa shape index (κ2) is 4.79. The van der Waals surface area contributed by atoms with Crippen molar-refractivity contribution in [3.8, 4) is 0 Å². The molecular formula is C13H20BrNS. The van der Waals surface area contributed by atoms with Gasteiger partial charge >= 0.3 is 0 Å². The summed E-state index contributed by atoms with van der Waals surface area (Å²) in [5.41, 5.74) is 6.62. The Morgan fingerprint density at radius 2 is 2.31 bits per heavy atom. The predicted octanol–water partition coefficient (Wildman–Crippen LogP) is 4.21. The predicted molar refractivity (Wildman–Crippen MR) is 74.8 cm³/mol. The molecule has 0 aromatic carbocycles. The van der Waals surface area contributed by atoms with E-state index in [1.54, 1.807) is 0 Å². The van der Waals surface area contributed by atoms with Gasteiger partial charge in [-0.3, -0.25) is 0 Å². The van der Waals surface area contributed by atoms with E-state index in [-0.39, 0.29) is 5.54 Å². The van der Waals surface area contributed by atoms with Crippen molar-refractivity contribution in [2.24, 2.45) is 17.6 Å². The molecule has 1 aromatic heterocycles. The number of hydrogen-bond donors (Lipinski definition) is 1. The lowest BCUT2D eigenvalue weighted by molar-refractivity contribution is 0.164. The number of thiophene rings is 1. The maximum Gasteiger partial charge on any atom is 0.0315 e. The molecule has 0 aliphatic heterocycles. The van der Waals surface area contributed by atoms with Gasteiger partial charge in [0.1, 0.15) is 0 Å². The van der Waals surface area contributed by atoms with Gasteiger partial charge in [-0.05, 0) is 58.5 Å². The lowest BCUT2D eigenvalue weighted by Gasteiger charge is -2.42. The van der Waals surface area contributed by atoms with E-state index in [4.69, 9.17) is 5.73 Å². The van der Waals surface area contributed by atoms with Crippen molar-refractivity contribution < 1.29 is 0 Å². The second-order valence-corrected chi connectivity index (χ2v) is 7.24. The summed E-state index contributed by atoms with van der Waals surface area (Å²) in [5.74, 6) is 1.48. The molecule has 3 heteroatoms. The molecule has 1 aliphatic rings. The third-order valence-corrected chi connectivity index (χ3v) is 5.95. The van der Waals surface area contributed by atoms with Crippen LogP contribution in [0.3, 0.4) is 0 Å². The van der Waals surface area contributed by atoms with Crippen molar-refractivity contribution in [2.45, 2.75) is 45.1 Å². The van der Waals surface area contributed by atoms with Crippen molar-refractivity contribution in [1.29, 1.82) is 0 Å². The van der Waals surface area contributed by atoms with Crippen LogP contribution in [-0.2, 0) is 6.42 Å². The maximum absolute atomic E-state index is 6.61. The summed E-state index contributed by atoms with van der Waals surface area (Å²) < 4.78 is 1.23. The zero-order chi connectivity index (χ0) is 11.8. The summed E-state index contributed by atoms with van der Waals surface area (Å²) in [4.78, 5) is 1.41. The topological polar surface area (TPSA) is 26.0 Å². The molecule has 0 saturated heterocycles. The fraction of sp³-hybridized carbons (Fsp3) is 0.692. The van der Waals surface area contributed by atoms with Crippen LogP contribution < -0.4 is 5.73 Å². The summed E-state index contributed by atoms with van der Waals surface area (Å²) in [6.07, 6.45) is 4.75. The molecule has 90 valence electrons. The molecule has 1 aliphatic carbocycles. The molecule has 0 amide bonds. The molecule has 3 atom stereocenters. The van der Waals surface area contributed by atoms with E-state index in [1.807, 2.05) is 11.3 Å². The Kier molecular flexibility index (Phi) is 3.77. The standard InChI is InChI=1S/C13H20BrNS/c1-9-3-5-13(15,10(2)7-9)8-12-11(14)4-6-16-12/h4,6,9-10H,3,5,7-8,15H2,1-2H3. The SMILES string of the molecule is CC1CCC(N)(Cc2sccc2Br)C(C)C1.